The number of rotatable bonds is 4. The van der Waals surface area contributed by atoms with Gasteiger partial charge in [0, 0.05) is 24.0 Å². The van der Waals surface area contributed by atoms with Crippen molar-refractivity contribution in [2.24, 2.45) is 0 Å². The summed E-state index contributed by atoms with van der Waals surface area (Å²) in [5, 5.41) is 0. The summed E-state index contributed by atoms with van der Waals surface area (Å²) in [6, 6.07) is 8.94. The summed E-state index contributed by atoms with van der Waals surface area (Å²) < 4.78 is 5.40. The van der Waals surface area contributed by atoms with Gasteiger partial charge in [-0.3, -0.25) is 9.78 Å². The zero-order valence-corrected chi connectivity index (χ0v) is 8.54. The van der Waals surface area contributed by atoms with E-state index in [1.165, 1.54) is 6.20 Å². The molecule has 0 N–H and O–H groups in total. The van der Waals surface area contributed by atoms with Gasteiger partial charge >= 0.3 is 0 Å². The second-order valence-electron chi connectivity index (χ2n) is 3.16. The van der Waals surface area contributed by atoms with Gasteiger partial charge in [-0.2, -0.15) is 0 Å². The molecule has 0 aromatic carbocycles. The molecule has 4 nitrogen and oxygen atoms in total. The van der Waals surface area contributed by atoms with Crippen molar-refractivity contribution in [2.75, 3.05) is 0 Å². The quantitative estimate of drug-likeness (QED) is 0.729. The third kappa shape index (κ3) is 2.63. The maximum Gasteiger partial charge on any atom is 0.213 e. The summed E-state index contributed by atoms with van der Waals surface area (Å²) in [6.45, 7) is 0.369. The van der Waals surface area contributed by atoms with Crippen LogP contribution >= 0.6 is 0 Å². The smallest absolute Gasteiger partial charge is 0.213 e. The molecule has 0 fully saturated rings. The number of nitrogens with zero attached hydrogens (tertiary/aromatic N) is 2. The average Bonchev–Trinajstić information content (AvgIpc) is 2.38. The lowest BCUT2D eigenvalue weighted by Gasteiger charge is -2.03. The van der Waals surface area contributed by atoms with Crippen molar-refractivity contribution in [3.05, 3.63) is 54.0 Å². The van der Waals surface area contributed by atoms with Gasteiger partial charge in [-0.1, -0.05) is 6.07 Å². The number of aldehydes is 1. The second-order valence-corrected chi connectivity index (χ2v) is 3.16. The predicted molar refractivity (Wildman–Crippen MR) is 58.2 cm³/mol. The van der Waals surface area contributed by atoms with Crippen molar-refractivity contribution < 1.29 is 9.53 Å². The molecule has 0 radical (unpaired) electrons. The summed E-state index contributed by atoms with van der Waals surface area (Å²) in [5.41, 5.74) is 1.37. The van der Waals surface area contributed by atoms with E-state index in [2.05, 4.69) is 9.97 Å². The van der Waals surface area contributed by atoms with Crippen molar-refractivity contribution >= 4 is 6.29 Å². The summed E-state index contributed by atoms with van der Waals surface area (Å²) in [4.78, 5) is 18.5. The third-order valence-electron chi connectivity index (χ3n) is 1.99. The number of aromatic nitrogens is 2. The maximum atomic E-state index is 10.4. The van der Waals surface area contributed by atoms with Gasteiger partial charge in [-0.25, -0.2) is 4.98 Å². The normalized spacial score (nSPS) is 9.75. The molecule has 0 aliphatic rings. The average molecular weight is 214 g/mol. The van der Waals surface area contributed by atoms with Crippen LogP contribution in [0.15, 0.2) is 42.7 Å². The van der Waals surface area contributed by atoms with Crippen LogP contribution in [0, 0.1) is 0 Å². The fraction of sp³-hybridized carbons (Fsp3) is 0.0833. The molecule has 0 aliphatic carbocycles. The van der Waals surface area contributed by atoms with Crippen molar-refractivity contribution in [2.45, 2.75) is 6.61 Å². The van der Waals surface area contributed by atoms with Crippen LogP contribution < -0.4 is 4.74 Å². The van der Waals surface area contributed by atoms with E-state index in [4.69, 9.17) is 4.74 Å². The van der Waals surface area contributed by atoms with Gasteiger partial charge in [0.05, 0.1) is 5.69 Å². The summed E-state index contributed by atoms with van der Waals surface area (Å²) in [5.74, 6) is 0.483. The Balaban J connectivity index is 1.97. The van der Waals surface area contributed by atoms with E-state index in [0.29, 0.717) is 18.1 Å². The molecule has 4 heteroatoms. The topological polar surface area (TPSA) is 52.1 Å². The molecule has 0 bridgehead atoms. The van der Waals surface area contributed by atoms with Crippen LogP contribution in [0.5, 0.6) is 5.88 Å². The molecule has 0 unspecified atom stereocenters. The van der Waals surface area contributed by atoms with Crippen LogP contribution in [0.2, 0.25) is 0 Å². The zero-order valence-electron chi connectivity index (χ0n) is 8.54. The zero-order chi connectivity index (χ0) is 11.2. The predicted octanol–water partition coefficient (Wildman–Crippen LogP) is 1.87. The molecule has 0 atom stereocenters. The minimum Gasteiger partial charge on any atom is -0.471 e. The first-order chi connectivity index (χ1) is 7.88. The van der Waals surface area contributed by atoms with Gasteiger partial charge in [0.25, 0.3) is 0 Å². The molecule has 0 aliphatic heterocycles. The largest absolute Gasteiger partial charge is 0.471 e. The molecule has 16 heavy (non-hydrogen) atoms. The van der Waals surface area contributed by atoms with Crippen LogP contribution in [-0.2, 0) is 6.61 Å². The third-order valence-corrected chi connectivity index (χ3v) is 1.99. The SMILES string of the molecule is O=Cc1ccc(OCc2ccccn2)nc1. The Morgan fingerprint density at radius 1 is 1.19 bits per heavy atom. The molecule has 2 aromatic heterocycles. The Kier molecular flexibility index (Phi) is 3.23. The monoisotopic (exact) mass is 214 g/mol. The van der Waals surface area contributed by atoms with E-state index in [1.54, 1.807) is 18.3 Å². The number of pyridine rings is 2. The highest BCUT2D eigenvalue weighted by molar-refractivity contribution is 5.73. The molecule has 2 aromatic rings. The number of ether oxygens (including phenoxy) is 1. The Morgan fingerprint density at radius 3 is 2.75 bits per heavy atom. The standard InChI is InChI=1S/C12H10N2O2/c15-8-10-4-5-12(14-7-10)16-9-11-3-1-2-6-13-11/h1-8H,9H2. The lowest BCUT2D eigenvalue weighted by molar-refractivity contribution is 0.112. The van der Waals surface area contributed by atoms with Crippen LogP contribution in [0.1, 0.15) is 16.1 Å². The number of carbonyl (C=O) groups is 1. The number of hydrogen-bond donors (Lipinski definition) is 0. The maximum absolute atomic E-state index is 10.4. The molecule has 0 spiro atoms. The molecule has 80 valence electrons. The Hall–Kier alpha value is -2.23. The first-order valence-electron chi connectivity index (χ1n) is 4.82. The van der Waals surface area contributed by atoms with E-state index < -0.39 is 0 Å². The molecule has 0 amide bonds. The van der Waals surface area contributed by atoms with Gasteiger partial charge in [-0.05, 0) is 18.2 Å². The van der Waals surface area contributed by atoms with E-state index in [9.17, 15) is 4.79 Å². The van der Waals surface area contributed by atoms with Crippen molar-refractivity contribution in [3.8, 4) is 5.88 Å². The molecule has 2 rings (SSSR count). The lowest BCUT2D eigenvalue weighted by atomic mass is 10.3. The number of hydrogen-bond acceptors (Lipinski definition) is 4. The highest BCUT2D eigenvalue weighted by atomic mass is 16.5. The molecule has 2 heterocycles. The van der Waals surface area contributed by atoms with Crippen LogP contribution in [-0.4, -0.2) is 16.3 Å². The van der Waals surface area contributed by atoms with Gasteiger partial charge in [0.1, 0.15) is 6.61 Å². The van der Waals surface area contributed by atoms with Crippen molar-refractivity contribution in [1.29, 1.82) is 0 Å². The fourth-order valence-electron chi connectivity index (χ4n) is 1.18. The van der Waals surface area contributed by atoms with Crippen LogP contribution in [0.25, 0.3) is 0 Å². The Labute approximate surface area is 92.9 Å². The van der Waals surface area contributed by atoms with E-state index in [1.807, 2.05) is 18.2 Å². The minimum atomic E-state index is 0.369. The van der Waals surface area contributed by atoms with Crippen LogP contribution in [0.3, 0.4) is 0 Å². The first-order valence-corrected chi connectivity index (χ1v) is 4.82. The Bertz CT molecular complexity index is 454. The first kappa shape index (κ1) is 10.3. The second kappa shape index (κ2) is 5.02. The highest BCUT2D eigenvalue weighted by Crippen LogP contribution is 2.08. The molecular formula is C12H10N2O2. The van der Waals surface area contributed by atoms with Gasteiger partial charge < -0.3 is 4.74 Å². The minimum absolute atomic E-state index is 0.369. The van der Waals surface area contributed by atoms with E-state index in [0.717, 1.165) is 12.0 Å². The summed E-state index contributed by atoms with van der Waals surface area (Å²) in [6.07, 6.45) is 3.93. The molecule has 0 saturated heterocycles. The van der Waals surface area contributed by atoms with E-state index in [-0.39, 0.29) is 0 Å². The van der Waals surface area contributed by atoms with Gasteiger partial charge in [0.2, 0.25) is 5.88 Å². The van der Waals surface area contributed by atoms with E-state index >= 15 is 0 Å². The summed E-state index contributed by atoms with van der Waals surface area (Å²) >= 11 is 0. The highest BCUT2D eigenvalue weighted by Gasteiger charge is 1.97. The van der Waals surface area contributed by atoms with Gasteiger partial charge in [-0.15, -0.1) is 0 Å². The Morgan fingerprint density at radius 2 is 2.12 bits per heavy atom. The van der Waals surface area contributed by atoms with Crippen molar-refractivity contribution in [1.82, 2.24) is 9.97 Å². The summed E-state index contributed by atoms with van der Waals surface area (Å²) in [7, 11) is 0. The molecule has 0 saturated carbocycles. The number of carbonyl (C=O) groups excluding carboxylic acids is 1. The lowest BCUT2D eigenvalue weighted by Crippen LogP contribution is -1.99. The van der Waals surface area contributed by atoms with Gasteiger partial charge in [0.15, 0.2) is 6.29 Å². The van der Waals surface area contributed by atoms with Crippen LogP contribution in [0.4, 0.5) is 0 Å². The fourth-order valence-corrected chi connectivity index (χ4v) is 1.18. The van der Waals surface area contributed by atoms with Crippen molar-refractivity contribution in [3.63, 3.8) is 0 Å². The molecular weight excluding hydrogens is 204 g/mol.